The quantitative estimate of drug-likeness (QED) is 0.493. The number of nitrogens with zero attached hydrogens (tertiary/aromatic N) is 1. The molecule has 1 saturated heterocycles. The molecule has 5 heteroatoms. The van der Waals surface area contributed by atoms with Gasteiger partial charge in [0.15, 0.2) is 6.29 Å². The lowest BCUT2D eigenvalue weighted by Crippen LogP contribution is -2.27. The number of aryl methyl sites for hydroxylation is 1. The van der Waals surface area contributed by atoms with E-state index in [1.54, 1.807) is 29.2 Å². The smallest absolute Gasteiger partial charge is 0.316 e. The summed E-state index contributed by atoms with van der Waals surface area (Å²) in [5, 5.41) is 0. The van der Waals surface area contributed by atoms with Gasteiger partial charge in [-0.25, -0.2) is 0 Å². The molecule has 0 radical (unpaired) electrons. The van der Waals surface area contributed by atoms with E-state index in [1.807, 2.05) is 31.2 Å². The molecule has 0 N–H and O–H groups in total. The van der Waals surface area contributed by atoms with E-state index >= 15 is 0 Å². The van der Waals surface area contributed by atoms with Gasteiger partial charge in [0.2, 0.25) is 5.91 Å². The second-order valence-corrected chi connectivity index (χ2v) is 5.77. The lowest BCUT2D eigenvalue weighted by Gasteiger charge is -2.18. The number of para-hydroxylation sites is 2. The lowest BCUT2D eigenvalue weighted by molar-refractivity contribution is -0.139. The molecular weight excluding hydrogens is 306 g/mol. The van der Waals surface area contributed by atoms with Crippen molar-refractivity contribution in [3.05, 3.63) is 59.7 Å². The van der Waals surface area contributed by atoms with Crippen LogP contribution in [-0.4, -0.2) is 24.7 Å². The molecule has 122 valence electrons. The van der Waals surface area contributed by atoms with E-state index < -0.39 is 11.9 Å². The number of hydrogen-bond acceptors (Lipinski definition) is 4. The van der Waals surface area contributed by atoms with Crippen LogP contribution in [-0.2, 0) is 9.59 Å². The number of hydrogen-bond donors (Lipinski definition) is 0. The summed E-state index contributed by atoms with van der Waals surface area (Å²) >= 11 is 0. The number of aldehydes is 1. The maximum Gasteiger partial charge on any atom is 0.316 e. The number of carbonyl (C=O) groups excluding carboxylic acids is 3. The van der Waals surface area contributed by atoms with Gasteiger partial charge in [0.25, 0.3) is 0 Å². The number of rotatable bonds is 4. The fourth-order valence-electron chi connectivity index (χ4n) is 2.83. The van der Waals surface area contributed by atoms with Crippen molar-refractivity contribution >= 4 is 23.9 Å². The maximum atomic E-state index is 12.4. The highest BCUT2D eigenvalue weighted by Gasteiger charge is 2.37. The minimum absolute atomic E-state index is 0.102. The average molecular weight is 323 g/mol. The molecule has 2 aromatic carbocycles. The molecule has 24 heavy (non-hydrogen) atoms. The third kappa shape index (κ3) is 3.06. The van der Waals surface area contributed by atoms with Crippen molar-refractivity contribution in [2.45, 2.75) is 13.3 Å². The average Bonchev–Trinajstić information content (AvgIpc) is 2.97. The van der Waals surface area contributed by atoms with Crippen LogP contribution < -0.4 is 9.64 Å². The topological polar surface area (TPSA) is 63.7 Å². The Morgan fingerprint density at radius 1 is 1.17 bits per heavy atom. The number of amides is 1. The molecule has 1 atom stereocenters. The molecule has 2 aromatic rings. The lowest BCUT2D eigenvalue weighted by atomic mass is 10.1. The van der Waals surface area contributed by atoms with Crippen LogP contribution in [0.2, 0.25) is 0 Å². The fraction of sp³-hybridized carbons (Fsp3) is 0.211. The van der Waals surface area contributed by atoms with Crippen molar-refractivity contribution in [2.24, 2.45) is 5.92 Å². The van der Waals surface area contributed by atoms with E-state index in [1.165, 1.54) is 0 Å². The first-order valence-electron chi connectivity index (χ1n) is 7.72. The van der Waals surface area contributed by atoms with Crippen molar-refractivity contribution < 1.29 is 19.1 Å². The summed E-state index contributed by atoms with van der Waals surface area (Å²) in [6, 6.07) is 14.1. The van der Waals surface area contributed by atoms with E-state index in [-0.39, 0.29) is 24.6 Å². The zero-order valence-corrected chi connectivity index (χ0v) is 13.3. The van der Waals surface area contributed by atoms with Crippen LogP contribution in [0, 0.1) is 12.8 Å². The normalized spacial score (nSPS) is 17.0. The summed E-state index contributed by atoms with van der Waals surface area (Å²) < 4.78 is 5.33. The van der Waals surface area contributed by atoms with E-state index in [9.17, 15) is 14.4 Å². The molecule has 0 aromatic heterocycles. The molecule has 3 rings (SSSR count). The largest absolute Gasteiger partial charge is 0.425 e. The van der Waals surface area contributed by atoms with Gasteiger partial charge in [0, 0.05) is 18.7 Å². The van der Waals surface area contributed by atoms with Crippen LogP contribution in [0.4, 0.5) is 5.69 Å². The second kappa shape index (κ2) is 6.66. The Morgan fingerprint density at radius 2 is 1.88 bits per heavy atom. The van der Waals surface area contributed by atoms with Crippen LogP contribution in [0.1, 0.15) is 22.3 Å². The van der Waals surface area contributed by atoms with Crippen molar-refractivity contribution in [1.82, 2.24) is 0 Å². The molecule has 0 spiro atoms. The van der Waals surface area contributed by atoms with Crippen LogP contribution in [0.15, 0.2) is 48.5 Å². The molecule has 0 aliphatic carbocycles. The van der Waals surface area contributed by atoms with Crippen LogP contribution in [0.25, 0.3) is 0 Å². The monoisotopic (exact) mass is 323 g/mol. The second-order valence-electron chi connectivity index (χ2n) is 5.77. The first-order chi connectivity index (χ1) is 11.6. The van der Waals surface area contributed by atoms with Crippen molar-refractivity contribution in [3.63, 3.8) is 0 Å². The highest BCUT2D eigenvalue weighted by atomic mass is 16.5. The fourth-order valence-corrected chi connectivity index (χ4v) is 2.83. The standard InChI is InChI=1S/C19H17NO4/c1-13-6-2-4-8-16(13)20-11-15(10-18(20)22)19(23)24-17-9-5-3-7-14(17)12-21/h2-9,12,15H,10-11H2,1H3/t15-/m1/s1. The number of carbonyl (C=O) groups is 3. The van der Waals surface area contributed by atoms with Gasteiger partial charge in [0.05, 0.1) is 11.5 Å². The SMILES string of the molecule is Cc1ccccc1N1C[C@H](C(=O)Oc2ccccc2C=O)CC1=O. The number of esters is 1. The van der Waals surface area contributed by atoms with Crippen LogP contribution in [0.3, 0.4) is 0 Å². The molecule has 1 fully saturated rings. The number of anilines is 1. The predicted molar refractivity (Wildman–Crippen MR) is 89.1 cm³/mol. The highest BCUT2D eigenvalue weighted by molar-refractivity contribution is 6.00. The first kappa shape index (κ1) is 15.9. The molecule has 1 aliphatic heterocycles. The molecule has 1 heterocycles. The third-order valence-electron chi connectivity index (χ3n) is 4.12. The number of ether oxygens (including phenoxy) is 1. The van der Waals surface area contributed by atoms with Gasteiger partial charge in [-0.05, 0) is 30.7 Å². The Labute approximate surface area is 139 Å². The Balaban J connectivity index is 1.75. The van der Waals surface area contributed by atoms with Crippen molar-refractivity contribution in [2.75, 3.05) is 11.4 Å². The third-order valence-corrected chi connectivity index (χ3v) is 4.12. The summed E-state index contributed by atoms with van der Waals surface area (Å²) in [5.41, 5.74) is 2.10. The zero-order chi connectivity index (χ0) is 17.1. The summed E-state index contributed by atoms with van der Waals surface area (Å²) in [4.78, 5) is 37.3. The van der Waals surface area contributed by atoms with Gasteiger partial charge >= 0.3 is 5.97 Å². The molecule has 5 nitrogen and oxygen atoms in total. The Hall–Kier alpha value is -2.95. The van der Waals surface area contributed by atoms with E-state index in [0.29, 0.717) is 11.8 Å². The summed E-state index contributed by atoms with van der Waals surface area (Å²) in [6.07, 6.45) is 0.748. The van der Waals surface area contributed by atoms with E-state index in [0.717, 1.165) is 11.3 Å². The maximum absolute atomic E-state index is 12.4. The summed E-state index contributed by atoms with van der Waals surface area (Å²) in [7, 11) is 0. The molecule has 1 aliphatic rings. The van der Waals surface area contributed by atoms with Gasteiger partial charge in [-0.2, -0.15) is 0 Å². The molecule has 0 saturated carbocycles. The van der Waals surface area contributed by atoms with Crippen LogP contribution in [0.5, 0.6) is 5.75 Å². The number of benzene rings is 2. The summed E-state index contributed by atoms with van der Waals surface area (Å²) in [5.74, 6) is -0.917. The van der Waals surface area contributed by atoms with E-state index in [2.05, 4.69) is 0 Å². The van der Waals surface area contributed by atoms with Gasteiger partial charge in [-0.1, -0.05) is 30.3 Å². The molecule has 0 bridgehead atoms. The van der Waals surface area contributed by atoms with Gasteiger partial charge in [-0.3, -0.25) is 14.4 Å². The molecule has 0 unspecified atom stereocenters. The zero-order valence-electron chi connectivity index (χ0n) is 13.3. The predicted octanol–water partition coefficient (Wildman–Crippen LogP) is 2.77. The van der Waals surface area contributed by atoms with Crippen molar-refractivity contribution in [1.29, 1.82) is 0 Å². The van der Waals surface area contributed by atoms with Gasteiger partial charge in [0.1, 0.15) is 5.75 Å². The Morgan fingerprint density at radius 3 is 2.62 bits per heavy atom. The van der Waals surface area contributed by atoms with E-state index in [4.69, 9.17) is 4.74 Å². The first-order valence-corrected chi connectivity index (χ1v) is 7.72. The molecular formula is C19H17NO4. The van der Waals surface area contributed by atoms with Gasteiger partial charge in [-0.15, -0.1) is 0 Å². The Bertz CT molecular complexity index is 799. The molecule has 1 amide bonds. The minimum atomic E-state index is -0.545. The highest BCUT2D eigenvalue weighted by Crippen LogP contribution is 2.29. The van der Waals surface area contributed by atoms with Crippen molar-refractivity contribution in [3.8, 4) is 5.75 Å². The van der Waals surface area contributed by atoms with Gasteiger partial charge < -0.3 is 9.64 Å². The summed E-state index contributed by atoms with van der Waals surface area (Å²) in [6.45, 7) is 2.21. The van der Waals surface area contributed by atoms with Crippen LogP contribution >= 0.6 is 0 Å². The Kier molecular flexibility index (Phi) is 4.42. The minimum Gasteiger partial charge on any atom is -0.425 e.